The van der Waals surface area contributed by atoms with E-state index in [1.807, 2.05) is 0 Å². The van der Waals surface area contributed by atoms with Crippen molar-refractivity contribution in [2.24, 2.45) is 0 Å². The fourth-order valence-corrected chi connectivity index (χ4v) is 4.45. The van der Waals surface area contributed by atoms with Crippen molar-refractivity contribution in [3.8, 4) is 0 Å². The highest BCUT2D eigenvalue weighted by atomic mass is 19.1. The Bertz CT molecular complexity index is 1140. The van der Waals surface area contributed by atoms with E-state index in [-0.39, 0.29) is 23.6 Å². The number of alkyl halides is 1. The lowest BCUT2D eigenvalue weighted by Gasteiger charge is -2.43. The summed E-state index contributed by atoms with van der Waals surface area (Å²) in [6, 6.07) is 1.35. The molecule has 5 rings (SSSR count). The molecule has 2 fully saturated rings. The second kappa shape index (κ2) is 7.99. The third kappa shape index (κ3) is 3.80. The van der Waals surface area contributed by atoms with Crippen LogP contribution in [0.5, 0.6) is 0 Å². The van der Waals surface area contributed by atoms with Crippen LogP contribution >= 0.6 is 0 Å². The summed E-state index contributed by atoms with van der Waals surface area (Å²) in [5.74, 6) is 0.641. The number of amides is 1. The van der Waals surface area contributed by atoms with Crippen LogP contribution in [0.25, 0.3) is 5.65 Å². The first-order valence-corrected chi connectivity index (χ1v) is 11.1. The molecule has 0 radical (unpaired) electrons. The minimum Gasteiger partial charge on any atom is -0.388 e. The largest absolute Gasteiger partial charge is 0.388 e. The molecule has 3 atom stereocenters. The minimum atomic E-state index is -0.961. The molecule has 1 amide bonds. The molecule has 1 unspecified atom stereocenters. The van der Waals surface area contributed by atoms with Crippen LogP contribution in [-0.2, 0) is 0 Å². The van der Waals surface area contributed by atoms with Crippen LogP contribution in [0.4, 0.5) is 16.0 Å². The lowest BCUT2D eigenvalue weighted by atomic mass is 9.76. The van der Waals surface area contributed by atoms with Crippen molar-refractivity contribution < 1.29 is 19.4 Å². The number of nitrogens with one attached hydrogen (secondary N) is 3. The molecule has 0 saturated heterocycles. The Morgan fingerprint density at radius 1 is 1.36 bits per heavy atom. The molecule has 10 nitrogen and oxygen atoms in total. The number of fused-ring (bicyclic) bond motifs is 1. The van der Waals surface area contributed by atoms with Gasteiger partial charge in [-0.05, 0) is 44.8 Å². The Kier molecular flexibility index (Phi) is 5.25. The number of rotatable bonds is 6. The van der Waals surface area contributed by atoms with Gasteiger partial charge >= 0.3 is 0 Å². The fraction of sp³-hybridized carbons (Fsp3) is 0.500. The molecule has 3 aliphatic rings. The number of halogens is 1. The molecule has 2 saturated carbocycles. The average Bonchev–Trinajstić information content (AvgIpc) is 3.19. The molecule has 2 aromatic rings. The van der Waals surface area contributed by atoms with Gasteiger partial charge in [-0.15, -0.1) is 0 Å². The molecule has 11 heteroatoms. The zero-order valence-corrected chi connectivity index (χ0v) is 18.5. The van der Waals surface area contributed by atoms with E-state index in [1.165, 1.54) is 10.7 Å². The maximum absolute atomic E-state index is 13.3. The van der Waals surface area contributed by atoms with Crippen molar-refractivity contribution in [1.82, 2.24) is 24.8 Å². The Balaban J connectivity index is 1.39. The van der Waals surface area contributed by atoms with E-state index in [4.69, 9.17) is 0 Å². The van der Waals surface area contributed by atoms with Crippen molar-refractivity contribution in [2.45, 2.75) is 62.7 Å². The maximum Gasteiger partial charge on any atom is 0.257 e. The van der Waals surface area contributed by atoms with Crippen LogP contribution in [0.3, 0.4) is 0 Å². The fourth-order valence-electron chi connectivity index (χ4n) is 4.45. The van der Waals surface area contributed by atoms with Crippen LogP contribution in [0.15, 0.2) is 36.3 Å². The van der Waals surface area contributed by atoms with Crippen LogP contribution in [0.1, 0.15) is 43.0 Å². The predicted molar refractivity (Wildman–Crippen MR) is 120 cm³/mol. The summed E-state index contributed by atoms with van der Waals surface area (Å²) in [6.07, 6.45) is 7.08. The number of aliphatic hydroxyl groups excluding tert-OH is 1. The number of aliphatic hydroxyl groups is 2. The Hall–Kier alpha value is -3.18. The Morgan fingerprint density at radius 3 is 2.79 bits per heavy atom. The lowest BCUT2D eigenvalue weighted by molar-refractivity contribution is -0.0486. The summed E-state index contributed by atoms with van der Waals surface area (Å²) in [6.45, 7) is 1.70. The standard InChI is InChI=1S/C22H28FN7O3/c1-22(33)6-5-16(22)27-20(31)14-11-25-30-18(24-2)10-17(28-19(14)30)26-15-4-3-7-29(21(15)32)13-8-12(23)9-13/h3-4,7,10-13,16,21,24,32-33H,5-6,8-9H2,1-2H3,(H,26,28)(H,27,31)/t12?,13?,16-,21?,22-/m0/s1. The highest BCUT2D eigenvalue weighted by Crippen LogP contribution is 2.33. The van der Waals surface area contributed by atoms with Gasteiger partial charge in [-0.3, -0.25) is 4.79 Å². The topological polar surface area (TPSA) is 127 Å². The van der Waals surface area contributed by atoms with Gasteiger partial charge in [0, 0.05) is 25.4 Å². The first-order chi connectivity index (χ1) is 15.8. The van der Waals surface area contributed by atoms with Gasteiger partial charge in [0.05, 0.1) is 23.5 Å². The minimum absolute atomic E-state index is 0.0473. The van der Waals surface area contributed by atoms with E-state index in [9.17, 15) is 19.4 Å². The molecule has 0 aromatic carbocycles. The molecule has 33 heavy (non-hydrogen) atoms. The van der Waals surface area contributed by atoms with Crippen molar-refractivity contribution in [3.05, 3.63) is 41.9 Å². The predicted octanol–water partition coefficient (Wildman–Crippen LogP) is 1.36. The number of carbonyl (C=O) groups excluding carboxylic acids is 1. The quantitative estimate of drug-likeness (QED) is 0.440. The first-order valence-electron chi connectivity index (χ1n) is 11.1. The van der Waals surface area contributed by atoms with Gasteiger partial charge in [0.1, 0.15) is 23.4 Å². The molecule has 1 aliphatic heterocycles. The van der Waals surface area contributed by atoms with Gasteiger partial charge < -0.3 is 31.1 Å². The van der Waals surface area contributed by atoms with Crippen molar-refractivity contribution in [2.75, 3.05) is 17.7 Å². The number of hydrogen-bond acceptors (Lipinski definition) is 8. The number of aromatic nitrogens is 3. The normalized spacial score (nSPS) is 30.9. The van der Waals surface area contributed by atoms with Gasteiger partial charge in [-0.2, -0.15) is 9.61 Å². The van der Waals surface area contributed by atoms with Gasteiger partial charge in [-0.25, -0.2) is 9.37 Å². The molecule has 2 aliphatic carbocycles. The zero-order valence-electron chi connectivity index (χ0n) is 18.5. The molecule has 5 N–H and O–H groups in total. The number of carbonyl (C=O) groups is 1. The van der Waals surface area contributed by atoms with Crippen LogP contribution in [0, 0.1) is 0 Å². The summed E-state index contributed by atoms with van der Waals surface area (Å²) in [5.41, 5.74) is 0.189. The number of allylic oxidation sites excluding steroid dienone is 2. The van der Waals surface area contributed by atoms with Crippen molar-refractivity contribution in [1.29, 1.82) is 0 Å². The second-order valence-electron chi connectivity index (χ2n) is 9.12. The van der Waals surface area contributed by atoms with Crippen molar-refractivity contribution >= 4 is 23.2 Å². The third-order valence-electron chi connectivity index (χ3n) is 6.81. The van der Waals surface area contributed by atoms with Gasteiger partial charge in [0.2, 0.25) is 0 Å². The second-order valence-corrected chi connectivity index (χ2v) is 9.12. The average molecular weight is 458 g/mol. The zero-order chi connectivity index (χ0) is 23.3. The van der Waals surface area contributed by atoms with Crippen LogP contribution in [0.2, 0.25) is 0 Å². The molecule has 2 aromatic heterocycles. The number of anilines is 2. The summed E-state index contributed by atoms with van der Waals surface area (Å²) in [7, 11) is 1.73. The SMILES string of the molecule is CNc1cc(NC2=CC=CN(C3CC(F)C3)C2O)nc2c(C(=O)N[C@H]3CC[C@]3(C)O)cnn12. The summed E-state index contributed by atoms with van der Waals surface area (Å²) in [4.78, 5) is 19.2. The number of hydrogen-bond donors (Lipinski definition) is 5. The summed E-state index contributed by atoms with van der Waals surface area (Å²) >= 11 is 0. The monoisotopic (exact) mass is 457 g/mol. The molecule has 0 bridgehead atoms. The Morgan fingerprint density at radius 2 is 2.15 bits per heavy atom. The highest BCUT2D eigenvalue weighted by molar-refractivity contribution is 6.00. The molecule has 0 spiro atoms. The maximum atomic E-state index is 13.3. The van der Waals surface area contributed by atoms with Gasteiger partial charge in [0.25, 0.3) is 5.91 Å². The molecule has 176 valence electrons. The van der Waals surface area contributed by atoms with E-state index in [1.54, 1.807) is 43.3 Å². The smallest absolute Gasteiger partial charge is 0.257 e. The Labute approximate surface area is 190 Å². The molecule has 3 heterocycles. The third-order valence-corrected chi connectivity index (χ3v) is 6.81. The number of nitrogens with zero attached hydrogens (tertiary/aromatic N) is 4. The van der Waals surface area contributed by atoms with E-state index in [2.05, 4.69) is 26.0 Å². The first kappa shape index (κ1) is 21.7. The summed E-state index contributed by atoms with van der Waals surface area (Å²) < 4.78 is 14.8. The van der Waals surface area contributed by atoms with Gasteiger partial charge in [-0.1, -0.05) is 0 Å². The highest BCUT2D eigenvalue weighted by Gasteiger charge is 2.42. The van der Waals surface area contributed by atoms with Crippen molar-refractivity contribution in [3.63, 3.8) is 0 Å². The molecular weight excluding hydrogens is 429 g/mol. The van der Waals surface area contributed by atoms with Crippen LogP contribution < -0.4 is 16.0 Å². The summed E-state index contributed by atoms with van der Waals surface area (Å²) in [5, 5.41) is 34.4. The van der Waals surface area contributed by atoms with Gasteiger partial charge in [0.15, 0.2) is 11.9 Å². The van der Waals surface area contributed by atoms with E-state index in [0.717, 1.165) is 0 Å². The van der Waals surface area contributed by atoms with E-state index >= 15 is 0 Å². The van der Waals surface area contributed by atoms with Crippen LogP contribution in [-0.4, -0.2) is 72.8 Å². The lowest BCUT2D eigenvalue weighted by Crippen LogP contribution is -2.58. The molecular formula is C22H28FN7O3. The van der Waals surface area contributed by atoms with E-state index < -0.39 is 18.0 Å². The van der Waals surface area contributed by atoms with E-state index in [0.29, 0.717) is 48.7 Å².